The average molecular weight is 273 g/mol. The number of nitrogens with zero attached hydrogens (tertiary/aromatic N) is 1. The van der Waals surface area contributed by atoms with E-state index in [1.54, 1.807) is 4.90 Å². The minimum Gasteiger partial charge on any atom is -0.467 e. The molecule has 1 fully saturated rings. The van der Waals surface area contributed by atoms with Gasteiger partial charge in [-0.05, 0) is 36.8 Å². The second kappa shape index (κ2) is 5.27. The van der Waals surface area contributed by atoms with Gasteiger partial charge in [0.05, 0.1) is 13.0 Å². The van der Waals surface area contributed by atoms with Crippen molar-refractivity contribution in [2.24, 2.45) is 0 Å². The molecule has 1 aliphatic carbocycles. The lowest BCUT2D eigenvalue weighted by Gasteiger charge is -2.39. The lowest BCUT2D eigenvalue weighted by Crippen LogP contribution is -2.51. The third-order valence-electron chi connectivity index (χ3n) is 4.41. The molecule has 0 N–H and O–H groups in total. The molecule has 3 rings (SSSR count). The monoisotopic (exact) mass is 273 g/mol. The Kier molecular flexibility index (Phi) is 3.47. The number of esters is 1. The van der Waals surface area contributed by atoms with Gasteiger partial charge in [0.2, 0.25) is 5.91 Å². The van der Waals surface area contributed by atoms with Crippen LogP contribution >= 0.6 is 0 Å². The quantitative estimate of drug-likeness (QED) is 0.773. The molecule has 1 aliphatic heterocycles. The van der Waals surface area contributed by atoms with Gasteiger partial charge in [-0.25, -0.2) is 4.79 Å². The summed E-state index contributed by atoms with van der Waals surface area (Å²) >= 11 is 0. The van der Waals surface area contributed by atoms with E-state index in [1.165, 1.54) is 12.7 Å². The second-order valence-corrected chi connectivity index (χ2v) is 5.52. The fourth-order valence-electron chi connectivity index (χ4n) is 3.26. The number of hydrogen-bond donors (Lipinski definition) is 0. The van der Waals surface area contributed by atoms with Crippen LogP contribution in [0.25, 0.3) is 0 Å². The first-order valence-corrected chi connectivity index (χ1v) is 7.18. The highest BCUT2D eigenvalue weighted by Crippen LogP contribution is 2.37. The van der Waals surface area contributed by atoms with E-state index < -0.39 is 6.04 Å². The fraction of sp³-hybridized carbons (Fsp3) is 0.500. The van der Waals surface area contributed by atoms with Crippen LogP contribution in [0.1, 0.15) is 36.3 Å². The van der Waals surface area contributed by atoms with Crippen LogP contribution in [-0.4, -0.2) is 36.5 Å². The number of piperidine rings is 1. The van der Waals surface area contributed by atoms with Crippen LogP contribution in [0.4, 0.5) is 0 Å². The van der Waals surface area contributed by atoms with E-state index in [0.717, 1.165) is 24.8 Å². The molecule has 1 heterocycles. The number of ether oxygens (including phenoxy) is 1. The molecular formula is C16H19NO3. The summed E-state index contributed by atoms with van der Waals surface area (Å²) in [7, 11) is 1.39. The summed E-state index contributed by atoms with van der Waals surface area (Å²) in [6.45, 7) is 0.664. The molecule has 4 nitrogen and oxygen atoms in total. The third kappa shape index (κ3) is 2.09. The number of benzene rings is 1. The Morgan fingerprint density at radius 1 is 1.25 bits per heavy atom. The first-order valence-electron chi connectivity index (χ1n) is 7.18. The van der Waals surface area contributed by atoms with Crippen LogP contribution in [0.3, 0.4) is 0 Å². The second-order valence-electron chi connectivity index (χ2n) is 5.52. The van der Waals surface area contributed by atoms with E-state index in [2.05, 4.69) is 6.07 Å². The van der Waals surface area contributed by atoms with Gasteiger partial charge < -0.3 is 9.64 Å². The van der Waals surface area contributed by atoms with E-state index in [9.17, 15) is 9.59 Å². The topological polar surface area (TPSA) is 46.6 Å². The molecule has 0 bridgehead atoms. The minimum atomic E-state index is -0.394. The number of fused-ring (bicyclic) bond motifs is 1. The Morgan fingerprint density at radius 2 is 2.05 bits per heavy atom. The van der Waals surface area contributed by atoms with Crippen molar-refractivity contribution < 1.29 is 14.3 Å². The summed E-state index contributed by atoms with van der Waals surface area (Å²) in [5, 5.41) is 0. The zero-order chi connectivity index (χ0) is 14.1. The number of amides is 1. The molecule has 2 atom stereocenters. The number of rotatable bonds is 2. The molecule has 0 aromatic heterocycles. The predicted octanol–water partition coefficient (Wildman–Crippen LogP) is 1.88. The summed E-state index contributed by atoms with van der Waals surface area (Å²) in [5.41, 5.74) is 2.36. The number of carbonyl (C=O) groups is 2. The van der Waals surface area contributed by atoms with Gasteiger partial charge in [-0.2, -0.15) is 0 Å². The van der Waals surface area contributed by atoms with Crippen molar-refractivity contribution in [1.82, 2.24) is 4.90 Å². The van der Waals surface area contributed by atoms with E-state index >= 15 is 0 Å². The van der Waals surface area contributed by atoms with Crippen molar-refractivity contribution in [2.45, 2.75) is 37.6 Å². The van der Waals surface area contributed by atoms with Gasteiger partial charge >= 0.3 is 5.97 Å². The molecule has 0 spiro atoms. The van der Waals surface area contributed by atoms with Crippen molar-refractivity contribution in [1.29, 1.82) is 0 Å². The van der Waals surface area contributed by atoms with Gasteiger partial charge in [0.25, 0.3) is 0 Å². The molecular weight excluding hydrogens is 254 g/mol. The van der Waals surface area contributed by atoms with Gasteiger partial charge in [0.1, 0.15) is 6.04 Å². The average Bonchev–Trinajstić information content (AvgIpc) is 2.47. The van der Waals surface area contributed by atoms with E-state index in [0.29, 0.717) is 13.0 Å². The number of likely N-dealkylation sites (tertiary alicyclic amines) is 1. The summed E-state index contributed by atoms with van der Waals surface area (Å²) in [6.07, 6.45) is 3.45. The maximum absolute atomic E-state index is 12.7. The maximum atomic E-state index is 12.7. The largest absolute Gasteiger partial charge is 0.467 e. The third-order valence-corrected chi connectivity index (χ3v) is 4.41. The first-order chi connectivity index (χ1) is 9.72. The molecule has 106 valence electrons. The SMILES string of the molecule is COC(=O)C1CCCCN1C(=O)C1Cc2ccccc21. The molecule has 1 aromatic rings. The Morgan fingerprint density at radius 3 is 2.80 bits per heavy atom. The van der Waals surface area contributed by atoms with E-state index in [4.69, 9.17) is 4.74 Å². The van der Waals surface area contributed by atoms with Crippen LogP contribution in [0.2, 0.25) is 0 Å². The Balaban J connectivity index is 1.78. The lowest BCUT2D eigenvalue weighted by atomic mass is 9.76. The van der Waals surface area contributed by atoms with Crippen molar-refractivity contribution in [3.05, 3.63) is 35.4 Å². The number of carbonyl (C=O) groups excluding carboxylic acids is 2. The number of methoxy groups -OCH3 is 1. The molecule has 20 heavy (non-hydrogen) atoms. The number of hydrogen-bond acceptors (Lipinski definition) is 3. The zero-order valence-corrected chi connectivity index (χ0v) is 11.7. The highest BCUT2D eigenvalue weighted by atomic mass is 16.5. The summed E-state index contributed by atoms with van der Waals surface area (Å²) < 4.78 is 4.84. The van der Waals surface area contributed by atoms with Gasteiger partial charge in [0.15, 0.2) is 0 Å². The van der Waals surface area contributed by atoms with Crippen molar-refractivity contribution in [2.75, 3.05) is 13.7 Å². The summed E-state index contributed by atoms with van der Waals surface area (Å²) in [4.78, 5) is 26.3. The van der Waals surface area contributed by atoms with E-state index in [1.807, 2.05) is 18.2 Å². The van der Waals surface area contributed by atoms with Crippen molar-refractivity contribution in [3.8, 4) is 0 Å². The van der Waals surface area contributed by atoms with Gasteiger partial charge in [-0.15, -0.1) is 0 Å². The highest BCUT2D eigenvalue weighted by molar-refractivity contribution is 5.91. The molecule has 1 saturated heterocycles. The first kappa shape index (κ1) is 13.2. The molecule has 0 saturated carbocycles. The molecule has 4 heteroatoms. The highest BCUT2D eigenvalue weighted by Gasteiger charge is 2.40. The Labute approximate surface area is 118 Å². The van der Waals surface area contributed by atoms with E-state index in [-0.39, 0.29) is 17.8 Å². The Hall–Kier alpha value is -1.84. The smallest absolute Gasteiger partial charge is 0.328 e. The Bertz CT molecular complexity index is 540. The van der Waals surface area contributed by atoms with Crippen LogP contribution in [0.5, 0.6) is 0 Å². The molecule has 2 aliphatic rings. The van der Waals surface area contributed by atoms with Crippen molar-refractivity contribution in [3.63, 3.8) is 0 Å². The molecule has 1 aromatic carbocycles. The zero-order valence-electron chi connectivity index (χ0n) is 11.7. The summed E-state index contributed by atoms with van der Waals surface area (Å²) in [5.74, 6) is -0.277. The fourth-order valence-corrected chi connectivity index (χ4v) is 3.26. The van der Waals surface area contributed by atoms with Crippen LogP contribution < -0.4 is 0 Å². The van der Waals surface area contributed by atoms with Crippen LogP contribution in [0, 0.1) is 0 Å². The van der Waals surface area contributed by atoms with Crippen molar-refractivity contribution >= 4 is 11.9 Å². The normalized spacial score (nSPS) is 24.6. The van der Waals surface area contributed by atoms with Gasteiger partial charge in [-0.1, -0.05) is 24.3 Å². The molecule has 1 amide bonds. The molecule has 2 unspecified atom stereocenters. The van der Waals surface area contributed by atoms with Gasteiger partial charge in [0, 0.05) is 6.54 Å². The summed E-state index contributed by atoms with van der Waals surface area (Å²) in [6, 6.07) is 7.64. The predicted molar refractivity (Wildman–Crippen MR) is 74.3 cm³/mol. The molecule has 0 radical (unpaired) electrons. The van der Waals surface area contributed by atoms with Crippen LogP contribution in [0.15, 0.2) is 24.3 Å². The lowest BCUT2D eigenvalue weighted by molar-refractivity contribution is -0.155. The van der Waals surface area contributed by atoms with Gasteiger partial charge in [-0.3, -0.25) is 4.79 Å². The minimum absolute atomic E-state index is 0.0727. The maximum Gasteiger partial charge on any atom is 0.328 e. The van der Waals surface area contributed by atoms with Crippen LogP contribution in [-0.2, 0) is 20.7 Å². The standard InChI is InChI=1S/C16H19NO3/c1-20-16(19)14-8-4-5-9-17(14)15(18)13-10-11-6-2-3-7-12(11)13/h2-3,6-7,13-14H,4-5,8-10H2,1H3.